The molecule has 0 spiro atoms. The highest BCUT2D eigenvalue weighted by molar-refractivity contribution is 5.53. The number of pyridine rings is 1. The summed E-state index contributed by atoms with van der Waals surface area (Å²) in [5.74, 6) is -2.80. The molecule has 1 aromatic heterocycles. The Kier molecular flexibility index (Phi) is 2.41. The van der Waals surface area contributed by atoms with E-state index in [9.17, 15) is 8.78 Å². The van der Waals surface area contributed by atoms with Gasteiger partial charge in [0.2, 0.25) is 0 Å². The number of hydrogen-bond acceptors (Lipinski definition) is 3. The molecule has 2 atom stereocenters. The standard InChI is InChI=1S/C13H14F2N2O/c1-2-11-8(7-18)3-4-12(16-11)17-5-9-10(6-17)13(9,14)15/h2-4,9-10,18H,1,5-7H2. The Morgan fingerprint density at radius 2 is 2.11 bits per heavy atom. The number of hydrogen-bond donors (Lipinski definition) is 1. The first-order chi connectivity index (χ1) is 8.57. The van der Waals surface area contributed by atoms with Gasteiger partial charge in [0.25, 0.3) is 5.92 Å². The van der Waals surface area contributed by atoms with Gasteiger partial charge < -0.3 is 10.0 Å². The van der Waals surface area contributed by atoms with E-state index >= 15 is 0 Å². The summed E-state index contributed by atoms with van der Waals surface area (Å²) in [5.41, 5.74) is 1.31. The number of aliphatic hydroxyl groups excluding tert-OH is 1. The van der Waals surface area contributed by atoms with Crippen molar-refractivity contribution in [3.63, 3.8) is 0 Å². The van der Waals surface area contributed by atoms with Crippen LogP contribution in [0.1, 0.15) is 11.3 Å². The van der Waals surface area contributed by atoms with Gasteiger partial charge in [0.1, 0.15) is 5.82 Å². The van der Waals surface area contributed by atoms with E-state index in [1.54, 1.807) is 18.2 Å². The van der Waals surface area contributed by atoms with Crippen molar-refractivity contribution >= 4 is 11.9 Å². The molecule has 5 heteroatoms. The predicted molar refractivity (Wildman–Crippen MR) is 64.4 cm³/mol. The van der Waals surface area contributed by atoms with Gasteiger partial charge in [-0.2, -0.15) is 0 Å². The second-order valence-electron chi connectivity index (χ2n) is 4.87. The van der Waals surface area contributed by atoms with Crippen LogP contribution in [0.4, 0.5) is 14.6 Å². The van der Waals surface area contributed by atoms with E-state index in [1.165, 1.54) is 0 Å². The van der Waals surface area contributed by atoms with Crippen LogP contribution >= 0.6 is 0 Å². The van der Waals surface area contributed by atoms with Gasteiger partial charge in [-0.15, -0.1) is 0 Å². The molecule has 2 heterocycles. The lowest BCUT2D eigenvalue weighted by atomic mass is 10.2. The van der Waals surface area contributed by atoms with Gasteiger partial charge in [-0.1, -0.05) is 12.6 Å². The molecule has 0 bridgehead atoms. The summed E-state index contributed by atoms with van der Waals surface area (Å²) < 4.78 is 26.2. The topological polar surface area (TPSA) is 36.4 Å². The molecule has 2 unspecified atom stereocenters. The Hall–Kier alpha value is -1.49. The minimum atomic E-state index is -2.47. The number of alkyl halides is 2. The van der Waals surface area contributed by atoms with Crippen molar-refractivity contribution in [3.05, 3.63) is 30.0 Å². The van der Waals surface area contributed by atoms with Gasteiger partial charge in [0.05, 0.1) is 24.1 Å². The summed E-state index contributed by atoms with van der Waals surface area (Å²) >= 11 is 0. The van der Waals surface area contributed by atoms with E-state index in [0.29, 0.717) is 30.2 Å². The molecule has 1 saturated heterocycles. The van der Waals surface area contributed by atoms with Crippen molar-refractivity contribution < 1.29 is 13.9 Å². The zero-order chi connectivity index (χ0) is 12.9. The minimum Gasteiger partial charge on any atom is -0.392 e. The van der Waals surface area contributed by atoms with Crippen LogP contribution in [0.2, 0.25) is 0 Å². The third-order valence-electron chi connectivity index (χ3n) is 3.88. The molecular formula is C13H14F2N2O. The van der Waals surface area contributed by atoms with Gasteiger partial charge in [-0.05, 0) is 12.1 Å². The highest BCUT2D eigenvalue weighted by atomic mass is 19.3. The lowest BCUT2D eigenvalue weighted by Gasteiger charge is -2.21. The van der Waals surface area contributed by atoms with E-state index in [-0.39, 0.29) is 6.61 Å². The smallest absolute Gasteiger partial charge is 0.258 e. The molecule has 0 radical (unpaired) electrons. The van der Waals surface area contributed by atoms with Gasteiger partial charge in [-0.25, -0.2) is 13.8 Å². The van der Waals surface area contributed by atoms with Gasteiger partial charge in [0, 0.05) is 18.7 Å². The molecule has 2 aliphatic rings. The molecule has 18 heavy (non-hydrogen) atoms. The molecule has 1 aliphatic heterocycles. The number of aliphatic hydroxyl groups is 1. The molecule has 0 aromatic carbocycles. The van der Waals surface area contributed by atoms with E-state index in [4.69, 9.17) is 5.11 Å². The Morgan fingerprint density at radius 3 is 2.67 bits per heavy atom. The first kappa shape index (κ1) is 11.6. The molecule has 1 aliphatic carbocycles. The normalized spacial score (nSPS) is 28.1. The van der Waals surface area contributed by atoms with E-state index < -0.39 is 17.8 Å². The number of rotatable bonds is 3. The average Bonchev–Trinajstić information content (AvgIpc) is 2.78. The van der Waals surface area contributed by atoms with Crippen LogP contribution < -0.4 is 4.90 Å². The maximum atomic E-state index is 13.1. The molecule has 1 saturated carbocycles. The maximum Gasteiger partial charge on any atom is 0.258 e. The maximum absolute atomic E-state index is 13.1. The molecule has 0 amide bonds. The molecule has 3 nitrogen and oxygen atoms in total. The minimum absolute atomic E-state index is 0.0993. The highest BCUT2D eigenvalue weighted by Crippen LogP contribution is 2.59. The Labute approximate surface area is 104 Å². The van der Waals surface area contributed by atoms with Gasteiger partial charge in [-0.3, -0.25) is 0 Å². The van der Waals surface area contributed by atoms with Crippen LogP contribution in [0, 0.1) is 11.8 Å². The second kappa shape index (κ2) is 3.75. The summed E-state index contributed by atoms with van der Waals surface area (Å²) in [7, 11) is 0. The third kappa shape index (κ3) is 1.54. The molecule has 2 fully saturated rings. The largest absolute Gasteiger partial charge is 0.392 e. The highest BCUT2D eigenvalue weighted by Gasteiger charge is 2.71. The number of nitrogens with zero attached hydrogens (tertiary/aromatic N) is 2. The fourth-order valence-electron chi connectivity index (χ4n) is 2.67. The van der Waals surface area contributed by atoms with Gasteiger partial charge in [0.15, 0.2) is 0 Å². The third-order valence-corrected chi connectivity index (χ3v) is 3.88. The number of halogens is 2. The number of fused-ring (bicyclic) bond motifs is 1. The van der Waals surface area contributed by atoms with E-state index in [0.717, 1.165) is 0 Å². The Bertz CT molecular complexity index is 490. The molecule has 1 N–H and O–H groups in total. The number of aromatic nitrogens is 1. The van der Waals surface area contributed by atoms with Crippen LogP contribution in [-0.4, -0.2) is 29.1 Å². The van der Waals surface area contributed by atoms with Crippen molar-refractivity contribution in [2.24, 2.45) is 11.8 Å². The van der Waals surface area contributed by atoms with Crippen molar-refractivity contribution in [1.29, 1.82) is 0 Å². The molecule has 1 aromatic rings. The quantitative estimate of drug-likeness (QED) is 0.892. The molecule has 96 valence electrons. The van der Waals surface area contributed by atoms with Crippen molar-refractivity contribution in [2.75, 3.05) is 18.0 Å². The number of anilines is 1. The lowest BCUT2D eigenvalue weighted by molar-refractivity contribution is 0.0797. The summed E-state index contributed by atoms with van der Waals surface area (Å²) in [6, 6.07) is 3.53. The molecular weight excluding hydrogens is 238 g/mol. The fourth-order valence-corrected chi connectivity index (χ4v) is 2.67. The average molecular weight is 252 g/mol. The van der Waals surface area contributed by atoms with Crippen molar-refractivity contribution in [3.8, 4) is 0 Å². The predicted octanol–water partition coefficient (Wildman–Crippen LogP) is 1.92. The van der Waals surface area contributed by atoms with Crippen LogP contribution in [0.5, 0.6) is 0 Å². The first-order valence-corrected chi connectivity index (χ1v) is 5.94. The molecule has 3 rings (SSSR count). The van der Waals surface area contributed by atoms with Gasteiger partial charge >= 0.3 is 0 Å². The Morgan fingerprint density at radius 1 is 1.44 bits per heavy atom. The second-order valence-corrected chi connectivity index (χ2v) is 4.87. The Balaban J connectivity index is 1.81. The summed E-state index contributed by atoms with van der Waals surface area (Å²) in [4.78, 5) is 6.23. The van der Waals surface area contributed by atoms with Crippen molar-refractivity contribution in [1.82, 2.24) is 4.98 Å². The van der Waals surface area contributed by atoms with Crippen LogP contribution in [0.3, 0.4) is 0 Å². The summed E-state index contributed by atoms with van der Waals surface area (Å²) in [5, 5.41) is 9.12. The zero-order valence-corrected chi connectivity index (χ0v) is 9.81. The summed E-state index contributed by atoms with van der Waals surface area (Å²) in [6.07, 6.45) is 1.57. The van der Waals surface area contributed by atoms with E-state index in [2.05, 4.69) is 11.6 Å². The van der Waals surface area contributed by atoms with Crippen molar-refractivity contribution in [2.45, 2.75) is 12.5 Å². The SMILES string of the molecule is C=Cc1nc(N2CC3C(C2)C3(F)F)ccc1CO. The number of piperidine rings is 1. The van der Waals surface area contributed by atoms with E-state index in [1.807, 2.05) is 4.90 Å². The van der Waals surface area contributed by atoms with Crippen LogP contribution in [0.25, 0.3) is 6.08 Å². The van der Waals surface area contributed by atoms with Crippen LogP contribution in [0.15, 0.2) is 18.7 Å². The fraction of sp³-hybridized carbons (Fsp3) is 0.462. The van der Waals surface area contributed by atoms with Crippen LogP contribution in [-0.2, 0) is 6.61 Å². The summed E-state index contributed by atoms with van der Waals surface area (Å²) in [6.45, 7) is 4.26. The lowest BCUT2D eigenvalue weighted by Crippen LogP contribution is -2.28. The zero-order valence-electron chi connectivity index (χ0n) is 9.81. The monoisotopic (exact) mass is 252 g/mol. The first-order valence-electron chi connectivity index (χ1n) is 5.94.